The fraction of sp³-hybridized carbons (Fsp3) is 0.200. The fourth-order valence-electron chi connectivity index (χ4n) is 2.70. The van der Waals surface area contributed by atoms with Crippen LogP contribution in [0.5, 0.6) is 0 Å². The first-order valence-electron chi connectivity index (χ1n) is 8.37. The van der Waals surface area contributed by atoms with Crippen LogP contribution in [0, 0.1) is 39.0 Å². The Kier molecular flexibility index (Phi) is 5.19. The largest absolute Gasteiger partial charge is 0.297 e. The molecule has 0 bridgehead atoms. The maximum absolute atomic E-state index is 12.5. The van der Waals surface area contributed by atoms with E-state index in [-0.39, 0.29) is 5.57 Å². The molecule has 0 unspecified atom stereocenters. The Morgan fingerprint density at radius 1 is 1.30 bits per heavy atom. The highest BCUT2D eigenvalue weighted by atomic mass is 32.1. The predicted octanol–water partition coefficient (Wildman–Crippen LogP) is 4.31. The molecule has 2 N–H and O–H groups in total. The number of carbonyl (C=O) groups excluding carboxylic acids is 1. The van der Waals surface area contributed by atoms with Gasteiger partial charge in [0.15, 0.2) is 5.13 Å². The molecular weight excluding hydrogens is 358 g/mol. The zero-order chi connectivity index (χ0) is 19.6. The molecule has 0 aliphatic rings. The first kappa shape index (κ1) is 18.5. The lowest BCUT2D eigenvalue weighted by molar-refractivity contribution is -0.112. The SMILES string of the molecule is Cc1ccc(C)c(-c2csc(NC(=O)C(C#N)=Cc3c(C)n[nH]c3C)n2)c1. The molecule has 0 aliphatic carbocycles. The van der Waals surface area contributed by atoms with E-state index in [1.54, 1.807) is 6.08 Å². The maximum atomic E-state index is 12.5. The van der Waals surface area contributed by atoms with Gasteiger partial charge in [-0.25, -0.2) is 4.98 Å². The number of thiazole rings is 1. The van der Waals surface area contributed by atoms with Gasteiger partial charge in [0, 0.05) is 22.2 Å². The van der Waals surface area contributed by atoms with Crippen LogP contribution in [0.3, 0.4) is 0 Å². The van der Waals surface area contributed by atoms with Gasteiger partial charge in [-0.15, -0.1) is 11.3 Å². The number of aryl methyl sites for hydroxylation is 4. The van der Waals surface area contributed by atoms with Crippen LogP contribution >= 0.6 is 11.3 Å². The van der Waals surface area contributed by atoms with Crippen molar-refractivity contribution in [2.45, 2.75) is 27.7 Å². The number of hydrogen-bond acceptors (Lipinski definition) is 5. The zero-order valence-electron chi connectivity index (χ0n) is 15.5. The Morgan fingerprint density at radius 3 is 2.74 bits per heavy atom. The molecule has 136 valence electrons. The van der Waals surface area contributed by atoms with Crippen molar-refractivity contribution in [1.29, 1.82) is 5.26 Å². The van der Waals surface area contributed by atoms with Crippen LogP contribution in [0.15, 0.2) is 29.2 Å². The van der Waals surface area contributed by atoms with Gasteiger partial charge in [-0.3, -0.25) is 15.2 Å². The van der Waals surface area contributed by atoms with Gasteiger partial charge in [-0.05, 0) is 45.4 Å². The summed E-state index contributed by atoms with van der Waals surface area (Å²) in [6.45, 7) is 7.72. The molecule has 27 heavy (non-hydrogen) atoms. The lowest BCUT2D eigenvalue weighted by Crippen LogP contribution is -2.13. The normalized spacial score (nSPS) is 11.3. The number of anilines is 1. The molecule has 0 aliphatic heterocycles. The van der Waals surface area contributed by atoms with Gasteiger partial charge in [0.1, 0.15) is 11.6 Å². The molecule has 2 heterocycles. The molecule has 0 saturated carbocycles. The summed E-state index contributed by atoms with van der Waals surface area (Å²) in [5, 5.41) is 21.4. The standard InChI is InChI=1S/C20H19N5OS/c1-11-5-6-12(2)16(7-11)18-10-27-20(22-18)23-19(26)15(9-21)8-17-13(3)24-25-14(17)4/h5-8,10H,1-4H3,(H,24,25)(H,22,23,26). The summed E-state index contributed by atoms with van der Waals surface area (Å²) in [4.78, 5) is 17.0. The molecule has 7 heteroatoms. The first-order valence-corrected chi connectivity index (χ1v) is 9.25. The van der Waals surface area contributed by atoms with Crippen molar-refractivity contribution in [3.8, 4) is 17.3 Å². The number of rotatable bonds is 4. The summed E-state index contributed by atoms with van der Waals surface area (Å²) in [6, 6.07) is 8.13. The van der Waals surface area contributed by atoms with Crippen LogP contribution in [0.4, 0.5) is 5.13 Å². The van der Waals surface area contributed by atoms with Crippen molar-refractivity contribution in [1.82, 2.24) is 15.2 Å². The molecule has 6 nitrogen and oxygen atoms in total. The molecule has 1 amide bonds. The van der Waals surface area contributed by atoms with Crippen LogP contribution in [0.2, 0.25) is 0 Å². The minimum absolute atomic E-state index is 0.00564. The molecule has 1 aromatic carbocycles. The van der Waals surface area contributed by atoms with Crippen molar-refractivity contribution in [2.75, 3.05) is 5.32 Å². The number of H-pyrrole nitrogens is 1. The first-order chi connectivity index (χ1) is 12.9. The Hall–Kier alpha value is -3.24. The summed E-state index contributed by atoms with van der Waals surface area (Å²) in [6.07, 6.45) is 1.54. The lowest BCUT2D eigenvalue weighted by atomic mass is 10.0. The van der Waals surface area contributed by atoms with Crippen LogP contribution in [-0.2, 0) is 4.79 Å². The summed E-state index contributed by atoms with van der Waals surface area (Å²) < 4.78 is 0. The maximum Gasteiger partial charge on any atom is 0.268 e. The van der Waals surface area contributed by atoms with Crippen molar-refractivity contribution in [2.24, 2.45) is 0 Å². The van der Waals surface area contributed by atoms with Crippen molar-refractivity contribution >= 4 is 28.5 Å². The van der Waals surface area contributed by atoms with E-state index < -0.39 is 5.91 Å². The van der Waals surface area contributed by atoms with Crippen molar-refractivity contribution in [3.05, 3.63) is 57.2 Å². The van der Waals surface area contributed by atoms with Gasteiger partial charge < -0.3 is 0 Å². The highest BCUT2D eigenvalue weighted by Crippen LogP contribution is 2.28. The number of aromatic nitrogens is 3. The Labute approximate surface area is 161 Å². The quantitative estimate of drug-likeness (QED) is 0.523. The van der Waals surface area contributed by atoms with E-state index in [9.17, 15) is 10.1 Å². The molecule has 0 spiro atoms. The minimum atomic E-state index is -0.487. The van der Waals surface area contributed by atoms with Crippen LogP contribution in [0.25, 0.3) is 17.3 Å². The van der Waals surface area contributed by atoms with E-state index in [2.05, 4.69) is 32.6 Å². The number of nitriles is 1. The second kappa shape index (κ2) is 7.56. The molecule has 3 rings (SSSR count). The average Bonchev–Trinajstić information content (AvgIpc) is 3.22. The van der Waals surface area contributed by atoms with Crippen LogP contribution in [-0.4, -0.2) is 21.1 Å². The number of benzene rings is 1. The van der Waals surface area contributed by atoms with E-state index in [1.807, 2.05) is 45.2 Å². The number of aromatic amines is 1. The lowest BCUT2D eigenvalue weighted by Gasteiger charge is -2.04. The molecule has 2 aromatic heterocycles. The van der Waals surface area contributed by atoms with Gasteiger partial charge in [0.2, 0.25) is 0 Å². The monoisotopic (exact) mass is 377 g/mol. The highest BCUT2D eigenvalue weighted by Gasteiger charge is 2.15. The van der Waals surface area contributed by atoms with Crippen LogP contribution in [0.1, 0.15) is 28.1 Å². The van der Waals surface area contributed by atoms with Gasteiger partial charge in [-0.1, -0.05) is 17.7 Å². The highest BCUT2D eigenvalue weighted by molar-refractivity contribution is 7.14. The fourth-order valence-corrected chi connectivity index (χ4v) is 3.40. The number of nitrogens with one attached hydrogen (secondary N) is 2. The van der Waals surface area contributed by atoms with Crippen molar-refractivity contribution < 1.29 is 4.79 Å². The van der Waals surface area contributed by atoms with Crippen molar-refractivity contribution in [3.63, 3.8) is 0 Å². The van der Waals surface area contributed by atoms with E-state index in [0.717, 1.165) is 39.3 Å². The third kappa shape index (κ3) is 3.96. The number of amides is 1. The molecule has 0 radical (unpaired) electrons. The smallest absolute Gasteiger partial charge is 0.268 e. The zero-order valence-corrected chi connectivity index (χ0v) is 16.4. The molecular formula is C20H19N5OS. The Balaban J connectivity index is 1.83. The van der Waals surface area contributed by atoms with E-state index in [0.29, 0.717) is 5.13 Å². The minimum Gasteiger partial charge on any atom is -0.297 e. The second-order valence-corrected chi connectivity index (χ2v) is 7.19. The third-order valence-electron chi connectivity index (χ3n) is 4.23. The van der Waals surface area contributed by atoms with E-state index in [4.69, 9.17) is 0 Å². The van der Waals surface area contributed by atoms with Gasteiger partial charge >= 0.3 is 0 Å². The number of carbonyl (C=O) groups is 1. The Morgan fingerprint density at radius 2 is 2.07 bits per heavy atom. The van der Waals surface area contributed by atoms with Gasteiger partial charge in [-0.2, -0.15) is 10.4 Å². The predicted molar refractivity (Wildman–Crippen MR) is 107 cm³/mol. The summed E-state index contributed by atoms with van der Waals surface area (Å²) in [7, 11) is 0. The second-order valence-electron chi connectivity index (χ2n) is 6.33. The van der Waals surface area contributed by atoms with Gasteiger partial charge in [0.25, 0.3) is 5.91 Å². The topological polar surface area (TPSA) is 94.5 Å². The van der Waals surface area contributed by atoms with Crippen LogP contribution < -0.4 is 5.32 Å². The number of hydrogen-bond donors (Lipinski definition) is 2. The average molecular weight is 377 g/mol. The summed E-state index contributed by atoms with van der Waals surface area (Å²) in [5.41, 5.74) is 6.40. The molecule has 3 aromatic rings. The molecule has 0 saturated heterocycles. The summed E-state index contributed by atoms with van der Waals surface area (Å²) in [5.74, 6) is -0.487. The molecule has 0 atom stereocenters. The third-order valence-corrected chi connectivity index (χ3v) is 4.99. The van der Waals surface area contributed by atoms with Gasteiger partial charge in [0.05, 0.1) is 11.4 Å². The van der Waals surface area contributed by atoms with E-state index >= 15 is 0 Å². The Bertz CT molecular complexity index is 1060. The van der Waals surface area contributed by atoms with E-state index in [1.165, 1.54) is 11.3 Å². The number of nitrogens with zero attached hydrogens (tertiary/aromatic N) is 3. The molecule has 0 fully saturated rings. The summed E-state index contributed by atoms with van der Waals surface area (Å²) >= 11 is 1.33.